The van der Waals surface area contributed by atoms with E-state index in [0.29, 0.717) is 29.6 Å². The van der Waals surface area contributed by atoms with Gasteiger partial charge in [0.25, 0.3) is 0 Å². The molecule has 5 nitrogen and oxygen atoms in total. The largest absolute Gasteiger partial charge is 0.493 e. The highest BCUT2D eigenvalue weighted by Gasteiger charge is 2.19. The summed E-state index contributed by atoms with van der Waals surface area (Å²) in [6.45, 7) is 2.65. The molecule has 0 fully saturated rings. The van der Waals surface area contributed by atoms with Crippen molar-refractivity contribution in [3.8, 4) is 23.0 Å². The molecule has 0 bridgehead atoms. The van der Waals surface area contributed by atoms with Crippen molar-refractivity contribution in [1.82, 2.24) is 0 Å². The highest BCUT2D eigenvalue weighted by atomic mass is 16.7. The van der Waals surface area contributed by atoms with Gasteiger partial charge in [-0.2, -0.15) is 0 Å². The summed E-state index contributed by atoms with van der Waals surface area (Å²) < 4.78 is 21.4. The summed E-state index contributed by atoms with van der Waals surface area (Å²) in [5.41, 5.74) is 1.46. The summed E-state index contributed by atoms with van der Waals surface area (Å²) >= 11 is 0. The van der Waals surface area contributed by atoms with Crippen LogP contribution in [0.25, 0.3) is 0 Å². The fourth-order valence-electron chi connectivity index (χ4n) is 2.41. The van der Waals surface area contributed by atoms with E-state index in [1.807, 2.05) is 19.1 Å². The van der Waals surface area contributed by atoms with Gasteiger partial charge in [0.1, 0.15) is 6.10 Å². The molecule has 0 aromatic heterocycles. The maximum Gasteiger partial charge on any atom is 0.231 e. The van der Waals surface area contributed by atoms with E-state index >= 15 is 0 Å². The summed E-state index contributed by atoms with van der Waals surface area (Å²) in [5.74, 6) is 2.60. The Labute approximate surface area is 129 Å². The molecule has 3 rings (SSSR count). The van der Waals surface area contributed by atoms with Crippen LogP contribution in [0.2, 0.25) is 0 Å². The lowest BCUT2D eigenvalue weighted by Crippen LogP contribution is -2.02. The quantitative estimate of drug-likeness (QED) is 0.920. The van der Waals surface area contributed by atoms with Gasteiger partial charge >= 0.3 is 0 Å². The van der Waals surface area contributed by atoms with Crippen LogP contribution in [0.4, 0.5) is 0 Å². The molecule has 2 aromatic rings. The molecular formula is C17H18O5. The van der Waals surface area contributed by atoms with Crippen molar-refractivity contribution in [3.63, 3.8) is 0 Å². The monoisotopic (exact) mass is 302 g/mol. The van der Waals surface area contributed by atoms with Crippen LogP contribution in [-0.4, -0.2) is 25.6 Å². The molecule has 1 aliphatic rings. The Morgan fingerprint density at radius 1 is 1.05 bits per heavy atom. The number of aliphatic hydroxyl groups is 1. The van der Waals surface area contributed by atoms with E-state index in [9.17, 15) is 5.11 Å². The van der Waals surface area contributed by atoms with E-state index in [4.69, 9.17) is 18.9 Å². The fourth-order valence-corrected chi connectivity index (χ4v) is 2.41. The molecule has 0 unspecified atom stereocenters. The zero-order valence-electron chi connectivity index (χ0n) is 12.5. The highest BCUT2D eigenvalue weighted by Crippen LogP contribution is 2.37. The average Bonchev–Trinajstić information content (AvgIpc) is 3.02. The minimum atomic E-state index is -0.778. The predicted molar refractivity (Wildman–Crippen MR) is 80.8 cm³/mol. The lowest BCUT2D eigenvalue weighted by molar-refractivity contribution is 0.173. The smallest absolute Gasteiger partial charge is 0.231 e. The molecule has 0 saturated carbocycles. The molecule has 116 valence electrons. The number of rotatable bonds is 5. The van der Waals surface area contributed by atoms with Gasteiger partial charge in [0.2, 0.25) is 6.79 Å². The van der Waals surface area contributed by atoms with Gasteiger partial charge in [-0.1, -0.05) is 12.1 Å². The molecule has 1 atom stereocenters. The number of aliphatic hydroxyl groups excluding tert-OH is 1. The Morgan fingerprint density at radius 3 is 2.55 bits per heavy atom. The van der Waals surface area contributed by atoms with Gasteiger partial charge in [0.15, 0.2) is 23.0 Å². The summed E-state index contributed by atoms with van der Waals surface area (Å²) in [6, 6.07) is 10.8. The summed E-state index contributed by atoms with van der Waals surface area (Å²) in [5, 5.41) is 10.6. The van der Waals surface area contributed by atoms with Crippen LogP contribution in [0.5, 0.6) is 23.0 Å². The highest BCUT2D eigenvalue weighted by molar-refractivity contribution is 5.49. The predicted octanol–water partition coefficient (Wildman–Crippen LogP) is 2.90. The molecule has 1 N–H and O–H groups in total. The number of benzene rings is 2. The molecule has 0 spiro atoms. The molecule has 1 heterocycles. The van der Waals surface area contributed by atoms with E-state index < -0.39 is 6.10 Å². The van der Waals surface area contributed by atoms with Gasteiger partial charge in [0, 0.05) is 0 Å². The maximum atomic E-state index is 10.6. The SMILES string of the molecule is CCOc1cc([C@@H](O)c2ccc3c(c2)OCO3)ccc1OC. The number of ether oxygens (including phenoxy) is 4. The van der Waals surface area contributed by atoms with E-state index in [1.165, 1.54) is 0 Å². The Morgan fingerprint density at radius 2 is 1.77 bits per heavy atom. The first kappa shape index (κ1) is 14.5. The fraction of sp³-hybridized carbons (Fsp3) is 0.294. The molecule has 0 aliphatic carbocycles. The average molecular weight is 302 g/mol. The standard InChI is InChI=1S/C17H18O5/c1-3-20-15-8-11(4-6-13(15)19-2)17(18)12-5-7-14-16(9-12)22-10-21-14/h4-9,17-18H,3,10H2,1-2H3/t17-/m1/s1. The molecule has 0 saturated heterocycles. The third-order valence-electron chi connectivity index (χ3n) is 3.52. The Bertz CT molecular complexity index is 668. The van der Waals surface area contributed by atoms with Gasteiger partial charge in [-0.15, -0.1) is 0 Å². The van der Waals surface area contributed by atoms with Crippen molar-refractivity contribution in [2.45, 2.75) is 13.0 Å². The van der Waals surface area contributed by atoms with Crippen molar-refractivity contribution >= 4 is 0 Å². The zero-order valence-corrected chi connectivity index (χ0v) is 12.5. The molecule has 1 aliphatic heterocycles. The third-order valence-corrected chi connectivity index (χ3v) is 3.52. The van der Waals surface area contributed by atoms with Crippen LogP contribution in [-0.2, 0) is 0 Å². The first-order chi connectivity index (χ1) is 10.7. The van der Waals surface area contributed by atoms with E-state index in [0.717, 1.165) is 11.1 Å². The third kappa shape index (κ3) is 2.67. The van der Waals surface area contributed by atoms with Gasteiger partial charge in [-0.25, -0.2) is 0 Å². The lowest BCUT2D eigenvalue weighted by Gasteiger charge is -2.15. The van der Waals surface area contributed by atoms with Crippen molar-refractivity contribution < 1.29 is 24.1 Å². The van der Waals surface area contributed by atoms with Crippen molar-refractivity contribution in [2.75, 3.05) is 20.5 Å². The molecule has 22 heavy (non-hydrogen) atoms. The lowest BCUT2D eigenvalue weighted by atomic mass is 10.0. The minimum absolute atomic E-state index is 0.214. The number of fused-ring (bicyclic) bond motifs is 1. The summed E-state index contributed by atoms with van der Waals surface area (Å²) in [4.78, 5) is 0. The maximum absolute atomic E-state index is 10.6. The Balaban J connectivity index is 1.91. The van der Waals surface area contributed by atoms with Gasteiger partial charge < -0.3 is 24.1 Å². The second-order valence-corrected chi connectivity index (χ2v) is 4.86. The molecular weight excluding hydrogens is 284 g/mol. The Kier molecular flexibility index (Phi) is 4.06. The summed E-state index contributed by atoms with van der Waals surface area (Å²) in [6.07, 6.45) is -0.778. The number of hydrogen-bond acceptors (Lipinski definition) is 5. The van der Waals surface area contributed by atoms with Gasteiger partial charge in [-0.3, -0.25) is 0 Å². The van der Waals surface area contributed by atoms with Crippen LogP contribution in [0.15, 0.2) is 36.4 Å². The minimum Gasteiger partial charge on any atom is -0.493 e. The number of hydrogen-bond donors (Lipinski definition) is 1. The first-order valence-electron chi connectivity index (χ1n) is 7.11. The normalized spacial score (nSPS) is 13.8. The van der Waals surface area contributed by atoms with Crippen LogP contribution >= 0.6 is 0 Å². The van der Waals surface area contributed by atoms with E-state index in [-0.39, 0.29) is 6.79 Å². The van der Waals surface area contributed by atoms with Crippen molar-refractivity contribution in [3.05, 3.63) is 47.5 Å². The van der Waals surface area contributed by atoms with Crippen LogP contribution < -0.4 is 18.9 Å². The first-order valence-corrected chi connectivity index (χ1v) is 7.11. The second-order valence-electron chi connectivity index (χ2n) is 4.86. The number of methoxy groups -OCH3 is 1. The zero-order chi connectivity index (χ0) is 15.5. The Hall–Kier alpha value is -2.40. The van der Waals surface area contributed by atoms with Crippen LogP contribution in [0, 0.1) is 0 Å². The van der Waals surface area contributed by atoms with Crippen LogP contribution in [0.3, 0.4) is 0 Å². The topological polar surface area (TPSA) is 57.2 Å². The van der Waals surface area contributed by atoms with Gasteiger partial charge in [0.05, 0.1) is 13.7 Å². The van der Waals surface area contributed by atoms with Crippen molar-refractivity contribution in [1.29, 1.82) is 0 Å². The second kappa shape index (κ2) is 6.15. The van der Waals surface area contributed by atoms with Crippen molar-refractivity contribution in [2.24, 2.45) is 0 Å². The molecule has 0 amide bonds. The summed E-state index contributed by atoms with van der Waals surface area (Å²) in [7, 11) is 1.59. The van der Waals surface area contributed by atoms with Gasteiger partial charge in [-0.05, 0) is 42.3 Å². The molecule has 5 heteroatoms. The van der Waals surface area contributed by atoms with Crippen LogP contribution in [0.1, 0.15) is 24.2 Å². The van der Waals surface area contributed by atoms with E-state index in [2.05, 4.69) is 0 Å². The molecule has 0 radical (unpaired) electrons. The van der Waals surface area contributed by atoms with E-state index in [1.54, 1.807) is 31.4 Å². The molecule has 2 aromatic carbocycles.